The van der Waals surface area contributed by atoms with Gasteiger partial charge in [-0.15, -0.1) is 6.58 Å². The monoisotopic (exact) mass is 312 g/mol. The van der Waals surface area contributed by atoms with Crippen molar-refractivity contribution in [2.45, 2.75) is 12.1 Å². The fourth-order valence-corrected chi connectivity index (χ4v) is 8.79. The van der Waals surface area contributed by atoms with Gasteiger partial charge in [0, 0.05) is 0 Å². The van der Waals surface area contributed by atoms with Gasteiger partial charge < -0.3 is 0 Å². The first-order valence-corrected chi connectivity index (χ1v) is 10.6. The van der Waals surface area contributed by atoms with Crippen LogP contribution in [0.15, 0.2) is 91.5 Å². The molecule has 1 aliphatic rings. The minimum Gasteiger partial charge on any atom is -0.103 e. The summed E-state index contributed by atoms with van der Waals surface area (Å²) in [6.45, 7) is 4.09. The summed E-state index contributed by atoms with van der Waals surface area (Å²) in [4.78, 5) is 0. The van der Waals surface area contributed by atoms with E-state index in [0.29, 0.717) is 0 Å². The van der Waals surface area contributed by atoms with Crippen LogP contribution in [0.2, 0.25) is 6.04 Å². The molecular formula is C22H20Si. The normalized spacial score (nSPS) is 18.8. The van der Waals surface area contributed by atoms with Crippen molar-refractivity contribution >= 4 is 18.4 Å². The molecule has 0 aliphatic carbocycles. The number of benzene rings is 3. The van der Waals surface area contributed by atoms with Crippen LogP contribution in [0, 0.1) is 0 Å². The van der Waals surface area contributed by atoms with E-state index >= 15 is 0 Å². The van der Waals surface area contributed by atoms with E-state index in [-0.39, 0.29) is 0 Å². The van der Waals surface area contributed by atoms with Crippen LogP contribution in [-0.4, -0.2) is 8.07 Å². The Balaban J connectivity index is 2.03. The molecule has 0 saturated carbocycles. The standard InChI is InChI=1S/C22H20Si/c1-2-16-23(19-11-4-3-5-12-19)17-18-10-6-7-13-20(18)21-14-8-9-15-22(21)23/h2-15H,1,16-17H2. The third-order valence-electron chi connectivity index (χ3n) is 5.06. The molecule has 1 atom stereocenters. The lowest BCUT2D eigenvalue weighted by molar-refractivity contribution is 1.29. The van der Waals surface area contributed by atoms with E-state index in [4.69, 9.17) is 0 Å². The number of allylic oxidation sites excluding steroid dienone is 1. The molecule has 0 N–H and O–H groups in total. The maximum atomic E-state index is 4.09. The predicted molar refractivity (Wildman–Crippen MR) is 102 cm³/mol. The first kappa shape index (κ1) is 14.2. The second-order valence-corrected chi connectivity index (χ2v) is 10.4. The number of rotatable bonds is 3. The fourth-order valence-electron chi connectivity index (χ4n) is 4.05. The summed E-state index contributed by atoms with van der Waals surface area (Å²) in [5, 5.41) is 3.08. The third kappa shape index (κ3) is 2.20. The van der Waals surface area contributed by atoms with Crippen LogP contribution in [-0.2, 0) is 6.04 Å². The van der Waals surface area contributed by atoms with Crippen LogP contribution in [0.25, 0.3) is 11.1 Å². The van der Waals surface area contributed by atoms with Crippen LogP contribution in [0.5, 0.6) is 0 Å². The quantitative estimate of drug-likeness (QED) is 0.502. The Morgan fingerprint density at radius 1 is 0.783 bits per heavy atom. The summed E-state index contributed by atoms with van der Waals surface area (Å²) in [6.07, 6.45) is 2.13. The highest BCUT2D eigenvalue weighted by Gasteiger charge is 2.41. The van der Waals surface area contributed by atoms with Crippen LogP contribution in [0.3, 0.4) is 0 Å². The lowest BCUT2D eigenvalue weighted by atomic mass is 10.00. The zero-order valence-electron chi connectivity index (χ0n) is 13.2. The van der Waals surface area contributed by atoms with Gasteiger partial charge in [0.05, 0.1) is 0 Å². The highest BCUT2D eigenvalue weighted by molar-refractivity contribution is 7.03. The molecule has 1 heterocycles. The molecule has 3 aromatic rings. The van der Waals surface area contributed by atoms with Crippen molar-refractivity contribution in [3.8, 4) is 11.1 Å². The Labute approximate surface area is 139 Å². The van der Waals surface area contributed by atoms with E-state index in [9.17, 15) is 0 Å². The van der Waals surface area contributed by atoms with Gasteiger partial charge in [-0.3, -0.25) is 0 Å². The SMILES string of the molecule is C=CC[Si]1(c2ccccc2)Cc2ccccc2-c2ccccc21. The predicted octanol–water partition coefficient (Wildman–Crippen LogP) is 4.20. The lowest BCUT2D eigenvalue weighted by Crippen LogP contribution is -2.62. The fraction of sp³-hybridized carbons (Fsp3) is 0.0909. The summed E-state index contributed by atoms with van der Waals surface area (Å²) in [7, 11) is -1.85. The van der Waals surface area contributed by atoms with Crippen molar-refractivity contribution in [1.82, 2.24) is 0 Å². The molecule has 0 saturated heterocycles. The molecule has 1 unspecified atom stereocenters. The van der Waals surface area contributed by atoms with Gasteiger partial charge in [0.25, 0.3) is 0 Å². The van der Waals surface area contributed by atoms with Gasteiger partial charge in [0.2, 0.25) is 0 Å². The topological polar surface area (TPSA) is 0 Å². The Morgan fingerprint density at radius 3 is 2.22 bits per heavy atom. The minimum absolute atomic E-state index is 1.09. The molecule has 0 aromatic heterocycles. The second kappa shape index (κ2) is 5.67. The lowest BCUT2D eigenvalue weighted by Gasteiger charge is -2.38. The van der Waals surface area contributed by atoms with Gasteiger partial charge in [0.15, 0.2) is 0 Å². The molecule has 0 nitrogen and oxygen atoms in total. The van der Waals surface area contributed by atoms with Crippen molar-refractivity contribution in [3.05, 3.63) is 97.1 Å². The highest BCUT2D eigenvalue weighted by Crippen LogP contribution is 2.33. The molecule has 0 amide bonds. The van der Waals surface area contributed by atoms with Crippen LogP contribution in [0.4, 0.5) is 0 Å². The zero-order valence-corrected chi connectivity index (χ0v) is 14.2. The van der Waals surface area contributed by atoms with Gasteiger partial charge in [-0.05, 0) is 34.0 Å². The summed E-state index contributed by atoms with van der Waals surface area (Å²) in [5.41, 5.74) is 4.32. The maximum Gasteiger partial charge on any atom is 0.126 e. The van der Waals surface area contributed by atoms with Crippen molar-refractivity contribution in [2.75, 3.05) is 0 Å². The number of fused-ring (bicyclic) bond motifs is 3. The number of hydrogen-bond donors (Lipinski definition) is 0. The number of hydrogen-bond acceptors (Lipinski definition) is 0. The molecule has 4 rings (SSSR count). The van der Waals surface area contributed by atoms with Gasteiger partial charge >= 0.3 is 0 Å². The molecule has 0 bridgehead atoms. The summed E-state index contributed by atoms with van der Waals surface area (Å²) >= 11 is 0. The van der Waals surface area contributed by atoms with Crippen molar-refractivity contribution in [3.63, 3.8) is 0 Å². The van der Waals surface area contributed by atoms with Gasteiger partial charge in [-0.1, -0.05) is 90.1 Å². The Kier molecular flexibility index (Phi) is 3.51. The average Bonchev–Trinajstić information content (AvgIpc) is 2.63. The second-order valence-electron chi connectivity index (χ2n) is 6.32. The van der Waals surface area contributed by atoms with Gasteiger partial charge in [-0.25, -0.2) is 0 Å². The Hall–Kier alpha value is -2.38. The van der Waals surface area contributed by atoms with Crippen molar-refractivity contribution in [1.29, 1.82) is 0 Å². The van der Waals surface area contributed by atoms with E-state index in [1.165, 1.54) is 21.9 Å². The summed E-state index contributed by atoms with van der Waals surface area (Å²) in [5.74, 6) is 0. The molecular weight excluding hydrogens is 292 g/mol. The minimum atomic E-state index is -1.85. The summed E-state index contributed by atoms with van der Waals surface area (Å²) in [6, 6.07) is 31.3. The van der Waals surface area contributed by atoms with Crippen molar-refractivity contribution in [2.24, 2.45) is 0 Å². The van der Waals surface area contributed by atoms with Crippen LogP contribution in [0.1, 0.15) is 5.56 Å². The highest BCUT2D eigenvalue weighted by atomic mass is 28.3. The molecule has 3 aromatic carbocycles. The molecule has 1 aliphatic heterocycles. The molecule has 0 spiro atoms. The van der Waals surface area contributed by atoms with Gasteiger partial charge in [0.1, 0.15) is 8.07 Å². The molecule has 112 valence electrons. The third-order valence-corrected chi connectivity index (χ3v) is 9.94. The Morgan fingerprint density at radius 2 is 1.43 bits per heavy atom. The molecule has 0 radical (unpaired) electrons. The van der Waals surface area contributed by atoms with Crippen molar-refractivity contribution < 1.29 is 0 Å². The van der Waals surface area contributed by atoms with E-state index in [0.717, 1.165) is 12.1 Å². The van der Waals surface area contributed by atoms with Gasteiger partial charge in [-0.2, -0.15) is 0 Å². The van der Waals surface area contributed by atoms with E-state index in [1.54, 1.807) is 5.19 Å². The van der Waals surface area contributed by atoms with E-state index < -0.39 is 8.07 Å². The average molecular weight is 312 g/mol. The van der Waals surface area contributed by atoms with Crippen LogP contribution < -0.4 is 10.4 Å². The molecule has 23 heavy (non-hydrogen) atoms. The maximum absolute atomic E-state index is 4.09. The zero-order chi connectivity index (χ0) is 15.7. The largest absolute Gasteiger partial charge is 0.126 e. The van der Waals surface area contributed by atoms with E-state index in [1.807, 2.05) is 0 Å². The molecule has 1 heteroatoms. The van der Waals surface area contributed by atoms with E-state index in [2.05, 4.69) is 91.5 Å². The smallest absolute Gasteiger partial charge is 0.103 e. The summed E-state index contributed by atoms with van der Waals surface area (Å²) < 4.78 is 0. The molecule has 0 fully saturated rings. The van der Waals surface area contributed by atoms with Crippen LogP contribution >= 0.6 is 0 Å². The first-order chi connectivity index (χ1) is 11.3. The first-order valence-electron chi connectivity index (χ1n) is 8.19. The Bertz CT molecular complexity index is 851.